The summed E-state index contributed by atoms with van der Waals surface area (Å²) in [5.41, 5.74) is 7.64. The predicted molar refractivity (Wildman–Crippen MR) is 295 cm³/mol. The molecule has 0 spiro atoms. The molecule has 72 heavy (non-hydrogen) atoms. The molecule has 3 saturated heterocycles. The number of methoxy groups -OCH3 is 1. The van der Waals surface area contributed by atoms with Crippen LogP contribution in [0.2, 0.25) is 17.4 Å². The van der Waals surface area contributed by atoms with Gasteiger partial charge in [-0.25, -0.2) is 14.4 Å². The molecule has 5 aliphatic heterocycles. The molecule has 0 bridgehead atoms. The highest BCUT2D eigenvalue weighted by atomic mass is 27.2. The van der Waals surface area contributed by atoms with Crippen LogP contribution in [0.25, 0.3) is 0 Å². The Morgan fingerprint density at radius 1 is 0.625 bits per heavy atom. The maximum absolute atomic E-state index is 12.2. The Morgan fingerprint density at radius 2 is 1.01 bits per heavy atom. The number of piperidine rings is 3. The number of carbonyl (C=O) groups excluding carboxylic acids is 3. The van der Waals surface area contributed by atoms with Gasteiger partial charge in [0.05, 0.1) is 25.8 Å². The van der Waals surface area contributed by atoms with Crippen LogP contribution in [-0.2, 0) is 14.2 Å². The van der Waals surface area contributed by atoms with Crippen molar-refractivity contribution in [3.05, 3.63) is 108 Å². The number of nitrogens with zero attached hydrogens (tertiary/aromatic N) is 6. The molecule has 0 aliphatic carbocycles. The van der Waals surface area contributed by atoms with Crippen LogP contribution < -0.4 is 16.4 Å². The molecule has 0 radical (unpaired) electrons. The molecular formula is C56H88AlN9O6. The zero-order valence-corrected chi connectivity index (χ0v) is 46.6. The monoisotopic (exact) mass is 1010 g/mol. The Kier molecular flexibility index (Phi) is 25.6. The average Bonchev–Trinajstić information content (AvgIpc) is 4.08. The SMILES string of the molecule is CC(C)(C)OC(=O)N1CCC(N2CCN=C2c2ccccc2)CC1.CC(C)(C)OC(=O)N1CCC(NCCN)CC1.COC(=O)c1ccccc1.[CH3][Al]([CH3])[CH3].c1ccc(C2=NCCN2C2CCNCC2)cc1. The summed E-state index contributed by atoms with van der Waals surface area (Å²) in [5.74, 6) is 8.93. The third kappa shape index (κ3) is 21.6. The molecule has 2 amide bonds. The van der Waals surface area contributed by atoms with E-state index < -0.39 is 11.2 Å². The Bertz CT molecular complexity index is 2080. The summed E-state index contributed by atoms with van der Waals surface area (Å²) in [4.78, 5) is 52.7. The lowest BCUT2D eigenvalue weighted by atomic mass is 10.0. The van der Waals surface area contributed by atoms with Crippen molar-refractivity contribution in [2.24, 2.45) is 15.7 Å². The van der Waals surface area contributed by atoms with E-state index in [-0.39, 0.29) is 32.3 Å². The minimum Gasteiger partial charge on any atom is -0.465 e. The van der Waals surface area contributed by atoms with E-state index in [0.29, 0.717) is 30.2 Å². The third-order valence-corrected chi connectivity index (χ3v) is 12.0. The predicted octanol–water partition coefficient (Wildman–Crippen LogP) is 8.43. The summed E-state index contributed by atoms with van der Waals surface area (Å²) in [6, 6.07) is 31.4. The molecule has 8 rings (SSSR count). The van der Waals surface area contributed by atoms with Gasteiger partial charge in [-0.05, 0) is 105 Å². The highest BCUT2D eigenvalue weighted by Gasteiger charge is 2.33. The number of rotatable bonds is 8. The first-order chi connectivity index (χ1) is 34.4. The number of aliphatic imine (C=N–C) groups is 2. The van der Waals surface area contributed by atoms with E-state index in [1.54, 1.807) is 29.2 Å². The molecule has 15 nitrogen and oxygen atoms in total. The number of ether oxygens (including phenoxy) is 3. The number of carbonyl (C=O) groups is 3. The Morgan fingerprint density at radius 3 is 1.40 bits per heavy atom. The van der Waals surface area contributed by atoms with E-state index in [9.17, 15) is 14.4 Å². The van der Waals surface area contributed by atoms with E-state index in [0.717, 1.165) is 104 Å². The number of nitrogens with two attached hydrogens (primary N) is 1. The fraction of sp³-hybridized carbons (Fsp3) is 0.589. The van der Waals surface area contributed by atoms with Gasteiger partial charge in [-0.1, -0.05) is 78.9 Å². The van der Waals surface area contributed by atoms with Crippen LogP contribution in [0.1, 0.15) is 102 Å². The maximum atomic E-state index is 12.2. The first-order valence-corrected chi connectivity index (χ1v) is 29.8. The molecule has 3 aromatic carbocycles. The number of amidine groups is 2. The van der Waals surface area contributed by atoms with Gasteiger partial charge in [-0.2, -0.15) is 0 Å². The molecule has 5 heterocycles. The second kappa shape index (κ2) is 30.9. The van der Waals surface area contributed by atoms with Gasteiger partial charge in [0, 0.05) is 81.6 Å². The minimum atomic E-state index is -0.435. The largest absolute Gasteiger partial charge is 0.465 e. The number of esters is 1. The zero-order valence-electron chi connectivity index (χ0n) is 45.4. The van der Waals surface area contributed by atoms with E-state index in [4.69, 9.17) is 20.2 Å². The highest BCUT2D eigenvalue weighted by Crippen LogP contribution is 2.24. The Hall–Kier alpha value is -4.98. The number of amides is 2. The summed E-state index contributed by atoms with van der Waals surface area (Å²) in [7, 11) is 1.37. The van der Waals surface area contributed by atoms with Crippen molar-refractivity contribution in [1.29, 1.82) is 0 Å². The van der Waals surface area contributed by atoms with Crippen molar-refractivity contribution in [3.63, 3.8) is 0 Å². The number of hydrogen-bond acceptors (Lipinski definition) is 13. The number of likely N-dealkylation sites (tertiary alicyclic amines) is 2. The number of nitrogens with one attached hydrogen (secondary N) is 2. The molecule has 0 atom stereocenters. The van der Waals surface area contributed by atoms with Crippen LogP contribution in [-0.4, -0.2) is 179 Å². The maximum Gasteiger partial charge on any atom is 0.410 e. The fourth-order valence-electron chi connectivity index (χ4n) is 8.70. The molecule has 3 fully saturated rings. The van der Waals surface area contributed by atoms with Gasteiger partial charge in [0.15, 0.2) is 0 Å². The van der Waals surface area contributed by atoms with E-state index in [1.807, 2.05) is 58.6 Å². The molecule has 16 heteroatoms. The third-order valence-electron chi connectivity index (χ3n) is 12.0. The first-order valence-electron chi connectivity index (χ1n) is 26.4. The van der Waals surface area contributed by atoms with Crippen LogP contribution in [0.5, 0.6) is 0 Å². The van der Waals surface area contributed by atoms with Crippen LogP contribution in [0.3, 0.4) is 0 Å². The van der Waals surface area contributed by atoms with Crippen LogP contribution in [0.4, 0.5) is 9.59 Å². The Balaban J connectivity index is 0.000000210. The van der Waals surface area contributed by atoms with Crippen molar-refractivity contribution in [1.82, 2.24) is 30.2 Å². The van der Waals surface area contributed by atoms with Crippen LogP contribution in [0.15, 0.2) is 101 Å². The second-order valence-corrected chi connectivity index (χ2v) is 24.7. The number of hydrogen-bond donors (Lipinski definition) is 3. The van der Waals surface area contributed by atoms with Gasteiger partial charge in [0.2, 0.25) is 0 Å². The van der Waals surface area contributed by atoms with Gasteiger partial charge in [-0.3, -0.25) is 9.98 Å². The molecule has 0 saturated carbocycles. The lowest BCUT2D eigenvalue weighted by Gasteiger charge is -2.38. The summed E-state index contributed by atoms with van der Waals surface area (Å²) in [5, 5.41) is 6.80. The quantitative estimate of drug-likeness (QED) is 0.113. The standard InChI is InChI=1S/C19H27N3O2.C14H19N3.C12H25N3O2.C8H8O2.3CH3.Al/c1-19(2,3)24-18(23)21-12-9-16(10-13-21)22-14-11-20-17(22)15-7-5-4-6-8-15;1-2-4-12(5-3-1)14-16-10-11-17(14)13-6-8-15-9-7-13;1-12(2,3)17-11(16)15-8-4-10(5-9-15)14-7-6-13;1-10-8(9)7-5-3-2-4-6-7;;;;/h4-8,16H,9-14H2,1-3H3;1-5,13,15H,6-11H2;10,14H,4-9,13H2,1-3H3;2-6H,1H3;3*1H3;. The van der Waals surface area contributed by atoms with Gasteiger partial charge in [0.25, 0.3) is 14.1 Å². The van der Waals surface area contributed by atoms with Crippen molar-refractivity contribution in [3.8, 4) is 0 Å². The highest BCUT2D eigenvalue weighted by molar-refractivity contribution is 6.54. The van der Waals surface area contributed by atoms with Gasteiger partial charge in [0.1, 0.15) is 22.9 Å². The van der Waals surface area contributed by atoms with Crippen molar-refractivity contribution < 1.29 is 28.6 Å². The summed E-state index contributed by atoms with van der Waals surface area (Å²) >= 11 is -0.139. The molecule has 0 aromatic heterocycles. The van der Waals surface area contributed by atoms with Gasteiger partial charge in [-0.15, -0.1) is 17.4 Å². The Labute approximate surface area is 436 Å². The lowest BCUT2D eigenvalue weighted by molar-refractivity contribution is 0.0172. The molecule has 5 aliphatic rings. The van der Waals surface area contributed by atoms with E-state index in [2.05, 4.69) is 102 Å². The van der Waals surface area contributed by atoms with Crippen molar-refractivity contribution >= 4 is 44.0 Å². The summed E-state index contributed by atoms with van der Waals surface area (Å²) < 4.78 is 15.3. The second-order valence-electron chi connectivity index (χ2n) is 21.3. The van der Waals surface area contributed by atoms with Crippen LogP contribution in [0, 0.1) is 0 Å². The van der Waals surface area contributed by atoms with Crippen molar-refractivity contribution in [2.75, 3.05) is 85.6 Å². The molecular weight excluding hydrogens is 922 g/mol. The summed E-state index contributed by atoms with van der Waals surface area (Å²) in [6.45, 7) is 22.1. The first kappa shape index (κ1) is 59.6. The van der Waals surface area contributed by atoms with E-state index >= 15 is 0 Å². The van der Waals surface area contributed by atoms with E-state index in [1.165, 1.54) is 36.9 Å². The molecule has 4 N–H and O–H groups in total. The molecule has 0 unspecified atom stereocenters. The topological polar surface area (TPSA) is 167 Å². The summed E-state index contributed by atoms with van der Waals surface area (Å²) in [6.07, 6.45) is 5.96. The minimum absolute atomic E-state index is 0.139. The van der Waals surface area contributed by atoms with Gasteiger partial charge < -0.3 is 50.2 Å². The fourth-order valence-corrected chi connectivity index (χ4v) is 8.70. The van der Waals surface area contributed by atoms with Crippen LogP contribution >= 0.6 is 0 Å². The van der Waals surface area contributed by atoms with Crippen molar-refractivity contribution in [2.45, 2.75) is 127 Å². The smallest absolute Gasteiger partial charge is 0.410 e. The zero-order chi connectivity index (χ0) is 52.5. The van der Waals surface area contributed by atoms with Gasteiger partial charge >= 0.3 is 18.2 Å². The normalized spacial score (nSPS) is 17.5. The molecule has 3 aromatic rings. The molecule has 396 valence electrons. The number of benzene rings is 3. The lowest BCUT2D eigenvalue weighted by Crippen LogP contribution is -2.49. The average molecular weight is 1010 g/mol.